The number of carbonyl (C=O) groups is 1. The summed E-state index contributed by atoms with van der Waals surface area (Å²) in [4.78, 5) is 11.0. The number of aryl methyl sites for hydroxylation is 1. The van der Waals surface area contributed by atoms with Crippen molar-refractivity contribution in [3.8, 4) is 5.75 Å². The lowest BCUT2D eigenvalue weighted by molar-refractivity contribution is -0.131. The summed E-state index contributed by atoms with van der Waals surface area (Å²) in [5, 5.41) is 8.99. The predicted octanol–water partition coefficient (Wildman–Crippen LogP) is 6.29. The van der Waals surface area contributed by atoms with Crippen LogP contribution in [-0.2, 0) is 11.3 Å². The standard InChI is InChI=1S/C30H30N2O3/c1-19-16-25(35-2)12-13-26(19)30(21-4-3-5-21)29(23-11-14-27-24(17-23)18-31-32-27)22-9-6-20(7-10-22)8-15-28(33)34/h6-17,21,31-32H,3-5,18H2,1-2H3,(H,33,34)/b15-8+,30-29+. The van der Waals surface area contributed by atoms with E-state index in [9.17, 15) is 4.79 Å². The lowest BCUT2D eigenvalue weighted by Gasteiger charge is -2.32. The maximum absolute atomic E-state index is 11.0. The van der Waals surface area contributed by atoms with Gasteiger partial charge in [0, 0.05) is 12.6 Å². The number of aliphatic carboxylic acids is 1. The van der Waals surface area contributed by atoms with Gasteiger partial charge >= 0.3 is 5.97 Å². The highest BCUT2D eigenvalue weighted by atomic mass is 16.5. The normalized spacial score (nSPS) is 15.8. The first-order chi connectivity index (χ1) is 17.0. The molecule has 0 bridgehead atoms. The number of nitrogens with one attached hydrogen (secondary N) is 2. The van der Waals surface area contributed by atoms with Crippen molar-refractivity contribution in [3.05, 3.63) is 100 Å². The van der Waals surface area contributed by atoms with Gasteiger partial charge in [0.25, 0.3) is 0 Å². The molecule has 3 aromatic rings. The van der Waals surface area contributed by atoms with Gasteiger partial charge in [-0.15, -0.1) is 0 Å². The molecule has 1 aliphatic heterocycles. The highest BCUT2D eigenvalue weighted by Crippen LogP contribution is 2.46. The van der Waals surface area contributed by atoms with Crippen LogP contribution in [0.25, 0.3) is 17.2 Å². The maximum atomic E-state index is 11.0. The highest BCUT2D eigenvalue weighted by molar-refractivity contribution is 6.00. The molecular weight excluding hydrogens is 436 g/mol. The molecule has 5 rings (SSSR count). The summed E-state index contributed by atoms with van der Waals surface area (Å²) >= 11 is 0. The van der Waals surface area contributed by atoms with Crippen LogP contribution in [0.1, 0.15) is 52.6 Å². The van der Waals surface area contributed by atoms with Crippen LogP contribution in [0, 0.1) is 12.8 Å². The van der Waals surface area contributed by atoms with Gasteiger partial charge in [-0.25, -0.2) is 10.2 Å². The first kappa shape index (κ1) is 22.9. The fourth-order valence-electron chi connectivity index (χ4n) is 4.98. The Balaban J connectivity index is 1.72. The van der Waals surface area contributed by atoms with E-state index < -0.39 is 5.97 Å². The summed E-state index contributed by atoms with van der Waals surface area (Å²) in [7, 11) is 1.70. The van der Waals surface area contributed by atoms with Gasteiger partial charge in [0.1, 0.15) is 5.75 Å². The third kappa shape index (κ3) is 4.73. The van der Waals surface area contributed by atoms with Crippen molar-refractivity contribution in [2.75, 3.05) is 12.5 Å². The summed E-state index contributed by atoms with van der Waals surface area (Å²) < 4.78 is 5.49. The van der Waals surface area contributed by atoms with E-state index in [1.54, 1.807) is 13.2 Å². The van der Waals surface area contributed by atoms with Gasteiger partial charge in [-0.1, -0.05) is 42.8 Å². The van der Waals surface area contributed by atoms with E-state index in [2.05, 4.69) is 66.3 Å². The molecule has 3 N–H and O–H groups in total. The first-order valence-electron chi connectivity index (χ1n) is 12.1. The van der Waals surface area contributed by atoms with Crippen molar-refractivity contribution in [1.82, 2.24) is 5.43 Å². The third-order valence-corrected chi connectivity index (χ3v) is 7.02. The molecule has 0 radical (unpaired) electrons. The van der Waals surface area contributed by atoms with Crippen LogP contribution in [-0.4, -0.2) is 18.2 Å². The number of carboxylic acids is 1. The van der Waals surface area contributed by atoms with Crippen LogP contribution in [0.5, 0.6) is 5.75 Å². The second kappa shape index (κ2) is 9.80. The number of ether oxygens (including phenoxy) is 1. The SMILES string of the molecule is COc1ccc(/C(=C(\c2ccc(/C=C/C(=O)O)cc2)c2ccc3c(c2)CNN3)C2CCC2)c(C)c1. The molecule has 1 saturated carbocycles. The van der Waals surface area contributed by atoms with E-state index in [-0.39, 0.29) is 0 Å². The molecule has 1 heterocycles. The molecule has 0 amide bonds. The number of benzene rings is 3. The maximum Gasteiger partial charge on any atom is 0.328 e. The summed E-state index contributed by atoms with van der Waals surface area (Å²) in [6, 6.07) is 21.2. The first-order valence-corrected chi connectivity index (χ1v) is 12.1. The van der Waals surface area contributed by atoms with Gasteiger partial charge < -0.3 is 15.3 Å². The van der Waals surface area contributed by atoms with Crippen molar-refractivity contribution in [2.24, 2.45) is 5.92 Å². The Hall–Kier alpha value is -3.83. The molecule has 0 atom stereocenters. The number of rotatable bonds is 7. The van der Waals surface area contributed by atoms with Crippen LogP contribution >= 0.6 is 0 Å². The molecule has 178 valence electrons. The zero-order chi connectivity index (χ0) is 24.4. The Morgan fingerprint density at radius 3 is 2.46 bits per heavy atom. The summed E-state index contributed by atoms with van der Waals surface area (Å²) in [5.74, 6) is 0.412. The van der Waals surface area contributed by atoms with Gasteiger partial charge in [-0.2, -0.15) is 0 Å². The molecule has 3 aromatic carbocycles. The minimum atomic E-state index is -0.947. The Bertz CT molecular complexity index is 1320. The lowest BCUT2D eigenvalue weighted by atomic mass is 9.72. The second-order valence-corrected chi connectivity index (χ2v) is 9.24. The minimum absolute atomic E-state index is 0.494. The third-order valence-electron chi connectivity index (χ3n) is 7.02. The largest absolute Gasteiger partial charge is 0.497 e. The van der Waals surface area contributed by atoms with Gasteiger partial charge in [-0.3, -0.25) is 0 Å². The molecule has 35 heavy (non-hydrogen) atoms. The fraction of sp³-hybridized carbons (Fsp3) is 0.233. The minimum Gasteiger partial charge on any atom is -0.497 e. The number of methoxy groups -OCH3 is 1. The summed E-state index contributed by atoms with van der Waals surface area (Å²) in [6.45, 7) is 2.94. The Labute approximate surface area is 206 Å². The van der Waals surface area contributed by atoms with Gasteiger partial charge in [0.05, 0.1) is 12.8 Å². The second-order valence-electron chi connectivity index (χ2n) is 9.24. The van der Waals surface area contributed by atoms with Gasteiger partial charge in [-0.05, 0) is 101 Å². The number of carboxylic acid groups (broad SMARTS) is 1. The summed E-state index contributed by atoms with van der Waals surface area (Å²) in [5.41, 5.74) is 17.1. The van der Waals surface area contributed by atoms with E-state index >= 15 is 0 Å². The molecular formula is C30H30N2O3. The van der Waals surface area contributed by atoms with Crippen LogP contribution in [0.4, 0.5) is 5.69 Å². The quantitative estimate of drug-likeness (QED) is 0.282. The van der Waals surface area contributed by atoms with E-state index in [4.69, 9.17) is 9.84 Å². The number of allylic oxidation sites excluding steroid dienone is 1. The van der Waals surface area contributed by atoms with Crippen LogP contribution in [0.3, 0.4) is 0 Å². The average molecular weight is 467 g/mol. The smallest absolute Gasteiger partial charge is 0.328 e. The summed E-state index contributed by atoms with van der Waals surface area (Å²) in [6.07, 6.45) is 6.40. The van der Waals surface area contributed by atoms with Crippen molar-refractivity contribution >= 4 is 28.9 Å². The van der Waals surface area contributed by atoms with E-state index in [1.807, 2.05) is 12.1 Å². The number of hydrogen-bond acceptors (Lipinski definition) is 4. The number of hydrogen-bond donors (Lipinski definition) is 3. The monoisotopic (exact) mass is 466 g/mol. The molecule has 0 spiro atoms. The number of hydrazine groups is 1. The molecule has 0 unspecified atom stereocenters. The van der Waals surface area contributed by atoms with Crippen molar-refractivity contribution < 1.29 is 14.6 Å². The molecule has 2 aliphatic rings. The predicted molar refractivity (Wildman–Crippen MR) is 141 cm³/mol. The zero-order valence-electron chi connectivity index (χ0n) is 20.1. The van der Waals surface area contributed by atoms with Crippen LogP contribution in [0.2, 0.25) is 0 Å². The lowest BCUT2D eigenvalue weighted by Crippen LogP contribution is -2.16. The van der Waals surface area contributed by atoms with Gasteiger partial charge in [0.15, 0.2) is 0 Å². The van der Waals surface area contributed by atoms with Crippen molar-refractivity contribution in [1.29, 1.82) is 0 Å². The fourth-order valence-corrected chi connectivity index (χ4v) is 4.98. The molecule has 1 aliphatic carbocycles. The van der Waals surface area contributed by atoms with E-state index in [1.165, 1.54) is 58.7 Å². The average Bonchev–Trinajstić information content (AvgIpc) is 3.30. The zero-order valence-corrected chi connectivity index (χ0v) is 20.1. The van der Waals surface area contributed by atoms with Crippen LogP contribution < -0.4 is 15.6 Å². The van der Waals surface area contributed by atoms with Crippen LogP contribution in [0.15, 0.2) is 66.7 Å². The molecule has 0 aromatic heterocycles. The number of fused-ring (bicyclic) bond motifs is 1. The highest BCUT2D eigenvalue weighted by Gasteiger charge is 2.28. The van der Waals surface area contributed by atoms with E-state index in [0.29, 0.717) is 5.92 Å². The Kier molecular flexibility index (Phi) is 6.43. The van der Waals surface area contributed by atoms with E-state index in [0.717, 1.165) is 29.1 Å². The van der Waals surface area contributed by atoms with Gasteiger partial charge in [0.2, 0.25) is 0 Å². The Morgan fingerprint density at radius 2 is 1.80 bits per heavy atom. The van der Waals surface area contributed by atoms with Crippen molar-refractivity contribution in [3.63, 3.8) is 0 Å². The van der Waals surface area contributed by atoms with Crippen molar-refractivity contribution in [2.45, 2.75) is 32.7 Å². The number of anilines is 1. The molecule has 5 nitrogen and oxygen atoms in total. The molecule has 1 fully saturated rings. The molecule has 5 heteroatoms. The molecule has 0 saturated heterocycles. The Morgan fingerprint density at radius 1 is 1.03 bits per heavy atom. The topological polar surface area (TPSA) is 70.6 Å².